The molecule has 0 atom stereocenters. The highest BCUT2D eigenvalue weighted by atomic mass is 16.5. The molecule has 0 N–H and O–H groups in total. The predicted octanol–water partition coefficient (Wildman–Crippen LogP) is 3.72. The lowest BCUT2D eigenvalue weighted by Crippen LogP contribution is -2.37. The van der Waals surface area contributed by atoms with E-state index in [2.05, 4.69) is 42.6 Å². The fourth-order valence-corrected chi connectivity index (χ4v) is 4.26. The number of aryl methyl sites for hydroxylation is 1. The molecule has 0 bridgehead atoms. The molecule has 3 aromatic heterocycles. The zero-order valence-electron chi connectivity index (χ0n) is 17.9. The van der Waals surface area contributed by atoms with Gasteiger partial charge in [0.15, 0.2) is 0 Å². The number of rotatable bonds is 5. The average molecular weight is 415 g/mol. The van der Waals surface area contributed by atoms with E-state index in [1.165, 1.54) is 0 Å². The molecule has 0 unspecified atom stereocenters. The summed E-state index contributed by atoms with van der Waals surface area (Å²) in [4.78, 5) is 20.9. The van der Waals surface area contributed by atoms with Crippen molar-refractivity contribution in [3.63, 3.8) is 0 Å². The zero-order valence-corrected chi connectivity index (χ0v) is 17.9. The van der Waals surface area contributed by atoms with Crippen molar-refractivity contribution in [2.24, 2.45) is 0 Å². The Hall–Kier alpha value is -3.32. The molecule has 1 aliphatic rings. The highest BCUT2D eigenvalue weighted by molar-refractivity contribution is 5.77. The van der Waals surface area contributed by atoms with Gasteiger partial charge in [0, 0.05) is 44.2 Å². The number of nitrogens with zero attached hydrogens (tertiary/aromatic N) is 6. The van der Waals surface area contributed by atoms with E-state index in [-0.39, 0.29) is 0 Å². The van der Waals surface area contributed by atoms with Crippen LogP contribution >= 0.6 is 0 Å². The molecule has 4 aromatic rings. The summed E-state index contributed by atoms with van der Waals surface area (Å²) < 4.78 is 7.65. The number of para-hydroxylation sites is 1. The van der Waals surface area contributed by atoms with E-state index in [0.29, 0.717) is 12.5 Å². The van der Waals surface area contributed by atoms with E-state index < -0.39 is 0 Å². The quantitative estimate of drug-likeness (QED) is 0.496. The molecule has 4 heterocycles. The Balaban J connectivity index is 1.41. The van der Waals surface area contributed by atoms with Gasteiger partial charge in [-0.3, -0.25) is 9.55 Å². The van der Waals surface area contributed by atoms with E-state index >= 15 is 0 Å². The Morgan fingerprint density at radius 1 is 1.00 bits per heavy atom. The highest BCUT2D eigenvalue weighted by Gasteiger charge is 2.20. The van der Waals surface area contributed by atoms with E-state index in [1.807, 2.05) is 43.6 Å². The lowest BCUT2D eigenvalue weighted by molar-refractivity contribution is 0.0816. The van der Waals surface area contributed by atoms with Crippen molar-refractivity contribution in [1.29, 1.82) is 0 Å². The minimum absolute atomic E-state index is 0.341. The molecular weight excluding hydrogens is 388 g/mol. The van der Waals surface area contributed by atoms with Crippen molar-refractivity contribution < 1.29 is 4.74 Å². The second kappa shape index (κ2) is 8.43. The van der Waals surface area contributed by atoms with Gasteiger partial charge in [0.2, 0.25) is 5.95 Å². The third-order valence-corrected chi connectivity index (χ3v) is 5.90. The molecule has 7 nitrogen and oxygen atoms in total. The van der Waals surface area contributed by atoms with E-state index in [1.54, 1.807) is 7.11 Å². The fourth-order valence-electron chi connectivity index (χ4n) is 4.26. The number of pyridine rings is 1. The minimum atomic E-state index is 0.341. The molecule has 5 rings (SSSR count). The summed E-state index contributed by atoms with van der Waals surface area (Å²) in [6.45, 7) is 3.86. The average Bonchev–Trinajstić information content (AvgIpc) is 3.15. The van der Waals surface area contributed by atoms with Gasteiger partial charge in [0.1, 0.15) is 11.3 Å². The molecule has 0 aliphatic carbocycles. The van der Waals surface area contributed by atoms with Gasteiger partial charge in [-0.1, -0.05) is 18.2 Å². The number of fused-ring (bicyclic) bond motifs is 1. The Kier molecular flexibility index (Phi) is 5.34. The summed E-state index contributed by atoms with van der Waals surface area (Å²) in [5, 5.41) is 0. The number of hydrogen-bond donors (Lipinski definition) is 0. The summed E-state index contributed by atoms with van der Waals surface area (Å²) in [5.41, 5.74) is 4.99. The van der Waals surface area contributed by atoms with Crippen molar-refractivity contribution >= 4 is 17.0 Å². The maximum Gasteiger partial charge on any atom is 0.225 e. The first kappa shape index (κ1) is 19.6. The molecule has 7 heteroatoms. The number of methoxy groups -OCH3 is 1. The molecule has 1 saturated heterocycles. The molecule has 1 fully saturated rings. The molecular formula is C24H26N6O. The van der Waals surface area contributed by atoms with Crippen LogP contribution in [0.15, 0.2) is 54.9 Å². The maximum atomic E-state index is 5.47. The van der Waals surface area contributed by atoms with Crippen molar-refractivity contribution in [3.05, 3.63) is 72.1 Å². The summed E-state index contributed by atoms with van der Waals surface area (Å²) in [6.07, 6.45) is 6.70. The lowest BCUT2D eigenvalue weighted by atomic mass is 10.1. The maximum absolute atomic E-state index is 5.47. The van der Waals surface area contributed by atoms with Gasteiger partial charge < -0.3 is 9.64 Å². The molecule has 0 saturated carbocycles. The van der Waals surface area contributed by atoms with Crippen molar-refractivity contribution in [1.82, 2.24) is 24.5 Å². The van der Waals surface area contributed by atoms with Crippen LogP contribution in [-0.4, -0.2) is 50.8 Å². The van der Waals surface area contributed by atoms with Gasteiger partial charge in [0.25, 0.3) is 0 Å². The summed E-state index contributed by atoms with van der Waals surface area (Å²) in [6, 6.07) is 14.4. The Morgan fingerprint density at radius 3 is 2.58 bits per heavy atom. The number of imidazole rings is 1. The van der Waals surface area contributed by atoms with E-state index in [4.69, 9.17) is 9.72 Å². The van der Waals surface area contributed by atoms with Crippen molar-refractivity contribution in [2.45, 2.75) is 32.3 Å². The molecule has 0 spiro atoms. The van der Waals surface area contributed by atoms with Crippen molar-refractivity contribution in [2.75, 3.05) is 25.1 Å². The van der Waals surface area contributed by atoms with Crippen LogP contribution in [0.5, 0.6) is 0 Å². The van der Waals surface area contributed by atoms with E-state index in [0.717, 1.165) is 65.8 Å². The number of piperidine rings is 1. The molecule has 1 aliphatic heterocycles. The molecule has 1 aromatic carbocycles. The highest BCUT2D eigenvalue weighted by Crippen LogP contribution is 2.23. The topological polar surface area (TPSA) is 69.0 Å². The Bertz CT molecular complexity index is 1180. The number of aromatic nitrogens is 5. The largest absolute Gasteiger partial charge is 0.381 e. The smallest absolute Gasteiger partial charge is 0.225 e. The van der Waals surface area contributed by atoms with Crippen LogP contribution in [0.2, 0.25) is 0 Å². The van der Waals surface area contributed by atoms with Crippen LogP contribution in [0, 0.1) is 6.92 Å². The standard InChI is InChI=1S/C24H26N6O/c1-17-27-22-16-26-19(15-23(22)30(17)20-6-4-3-5-7-20)14-18-8-11-25-24(28-18)29-12-9-21(31-2)10-13-29/h3-8,11,15-16,21H,9-10,12-14H2,1-2H3. The van der Waals surface area contributed by atoms with Crippen LogP contribution < -0.4 is 4.90 Å². The normalized spacial score (nSPS) is 15.0. The summed E-state index contributed by atoms with van der Waals surface area (Å²) in [5.74, 6) is 1.74. The minimum Gasteiger partial charge on any atom is -0.381 e. The van der Waals surface area contributed by atoms with Gasteiger partial charge in [-0.05, 0) is 44.0 Å². The molecule has 158 valence electrons. The number of hydrogen-bond acceptors (Lipinski definition) is 6. The van der Waals surface area contributed by atoms with Gasteiger partial charge >= 0.3 is 0 Å². The van der Waals surface area contributed by atoms with Crippen LogP contribution in [0.25, 0.3) is 16.7 Å². The van der Waals surface area contributed by atoms with Crippen LogP contribution in [0.3, 0.4) is 0 Å². The van der Waals surface area contributed by atoms with Gasteiger partial charge in [0.05, 0.1) is 23.5 Å². The number of anilines is 1. The van der Waals surface area contributed by atoms with Crippen molar-refractivity contribution in [3.8, 4) is 5.69 Å². The first-order valence-electron chi connectivity index (χ1n) is 10.7. The second-order valence-electron chi connectivity index (χ2n) is 7.94. The Morgan fingerprint density at radius 2 is 1.81 bits per heavy atom. The van der Waals surface area contributed by atoms with Gasteiger partial charge in [-0.2, -0.15) is 0 Å². The number of ether oxygens (including phenoxy) is 1. The third kappa shape index (κ3) is 4.01. The van der Waals surface area contributed by atoms with Crippen LogP contribution in [-0.2, 0) is 11.2 Å². The lowest BCUT2D eigenvalue weighted by Gasteiger charge is -2.31. The first-order chi connectivity index (χ1) is 15.2. The SMILES string of the molecule is COC1CCN(c2nccc(Cc3cc4c(cn3)nc(C)n4-c3ccccc3)n2)CC1. The van der Waals surface area contributed by atoms with Crippen LogP contribution in [0.4, 0.5) is 5.95 Å². The Labute approximate surface area is 181 Å². The van der Waals surface area contributed by atoms with E-state index in [9.17, 15) is 0 Å². The van der Waals surface area contributed by atoms with Gasteiger partial charge in [-0.25, -0.2) is 15.0 Å². The van der Waals surface area contributed by atoms with Gasteiger partial charge in [-0.15, -0.1) is 0 Å². The molecule has 31 heavy (non-hydrogen) atoms. The molecule has 0 amide bonds. The zero-order chi connectivity index (χ0) is 21.2. The molecule has 0 radical (unpaired) electrons. The first-order valence-corrected chi connectivity index (χ1v) is 10.7. The predicted molar refractivity (Wildman–Crippen MR) is 121 cm³/mol. The third-order valence-electron chi connectivity index (χ3n) is 5.90. The number of benzene rings is 1. The summed E-state index contributed by atoms with van der Waals surface area (Å²) in [7, 11) is 1.78. The van der Waals surface area contributed by atoms with Crippen LogP contribution in [0.1, 0.15) is 30.1 Å². The second-order valence-corrected chi connectivity index (χ2v) is 7.94. The fraction of sp³-hybridized carbons (Fsp3) is 0.333. The monoisotopic (exact) mass is 414 g/mol. The summed E-state index contributed by atoms with van der Waals surface area (Å²) >= 11 is 0.